The highest BCUT2D eigenvalue weighted by atomic mass is 35.5. The Labute approximate surface area is 131 Å². The van der Waals surface area contributed by atoms with E-state index in [-0.39, 0.29) is 6.54 Å². The first-order valence-electron chi connectivity index (χ1n) is 7.18. The molecule has 0 aromatic heterocycles. The second-order valence-electron chi connectivity index (χ2n) is 6.01. The zero-order valence-corrected chi connectivity index (χ0v) is 13.6. The van der Waals surface area contributed by atoms with E-state index < -0.39 is 17.8 Å². The number of alkyl carbamates (subject to hydrolysis) is 1. The van der Waals surface area contributed by atoms with E-state index in [0.29, 0.717) is 10.6 Å². The molecule has 1 unspecified atom stereocenters. The Morgan fingerprint density at radius 3 is 2.24 bits per heavy atom. The fourth-order valence-electron chi connectivity index (χ4n) is 1.30. The average Bonchev–Trinajstić information content (AvgIpc) is 3.22. The Morgan fingerprint density at radius 1 is 1.29 bits per heavy atom. The highest BCUT2D eigenvalue weighted by Gasteiger charge is 2.17. The lowest BCUT2D eigenvalue weighted by Crippen LogP contribution is -2.34. The fourth-order valence-corrected chi connectivity index (χ4v) is 1.42. The summed E-state index contributed by atoms with van der Waals surface area (Å²) in [5.74, 6) is 0. The largest absolute Gasteiger partial charge is 0.444 e. The van der Waals surface area contributed by atoms with Crippen molar-refractivity contribution in [1.29, 1.82) is 0 Å². The summed E-state index contributed by atoms with van der Waals surface area (Å²) in [5, 5.41) is 13.0. The Bertz CT molecular complexity index is 435. The first-order chi connectivity index (χ1) is 9.78. The molecule has 21 heavy (non-hydrogen) atoms. The number of hydrogen-bond acceptors (Lipinski definition) is 3. The minimum absolute atomic E-state index is 0.0938. The number of hydrogen-bond donors (Lipinski definition) is 2. The SMILES string of the molecule is C1CC1.CC(C)(C)OC(=O)NCC(O)c1ccc(Cl)cc1. The van der Waals surface area contributed by atoms with E-state index in [1.165, 1.54) is 19.3 Å². The Kier molecular flexibility index (Phi) is 6.99. The van der Waals surface area contributed by atoms with Gasteiger partial charge >= 0.3 is 6.09 Å². The predicted octanol–water partition coefficient (Wildman–Crippen LogP) is 4.07. The van der Waals surface area contributed by atoms with Crippen molar-refractivity contribution in [2.24, 2.45) is 0 Å². The summed E-state index contributed by atoms with van der Waals surface area (Å²) in [7, 11) is 0. The molecule has 1 aliphatic carbocycles. The molecule has 0 saturated heterocycles. The normalized spacial score (nSPS) is 14.5. The molecule has 1 saturated carbocycles. The molecule has 0 heterocycles. The van der Waals surface area contributed by atoms with Crippen LogP contribution in [0.4, 0.5) is 4.79 Å². The van der Waals surface area contributed by atoms with Gasteiger partial charge in [0.05, 0.1) is 12.6 Å². The maximum Gasteiger partial charge on any atom is 0.407 e. The number of nitrogens with one attached hydrogen (secondary N) is 1. The zero-order chi connectivity index (χ0) is 15.9. The van der Waals surface area contributed by atoms with E-state index in [2.05, 4.69) is 5.32 Å². The van der Waals surface area contributed by atoms with Gasteiger partial charge in [0.15, 0.2) is 0 Å². The van der Waals surface area contributed by atoms with Crippen molar-refractivity contribution < 1.29 is 14.6 Å². The molecular formula is C16H24ClNO3. The molecule has 1 aliphatic rings. The molecule has 1 atom stereocenters. The van der Waals surface area contributed by atoms with Crippen LogP contribution in [0.25, 0.3) is 0 Å². The molecule has 1 aromatic carbocycles. The molecule has 2 rings (SSSR count). The van der Waals surface area contributed by atoms with Crippen LogP contribution in [0.1, 0.15) is 51.7 Å². The lowest BCUT2D eigenvalue weighted by Gasteiger charge is -2.20. The van der Waals surface area contributed by atoms with Crippen LogP contribution in [0.5, 0.6) is 0 Å². The summed E-state index contributed by atoms with van der Waals surface area (Å²) < 4.78 is 5.06. The topological polar surface area (TPSA) is 58.6 Å². The molecular weight excluding hydrogens is 290 g/mol. The van der Waals surface area contributed by atoms with Crippen molar-refractivity contribution in [3.63, 3.8) is 0 Å². The molecule has 1 aromatic rings. The number of halogens is 1. The third-order valence-electron chi connectivity index (χ3n) is 2.45. The van der Waals surface area contributed by atoms with Crippen molar-refractivity contribution in [1.82, 2.24) is 5.32 Å². The predicted molar refractivity (Wildman–Crippen MR) is 84.5 cm³/mol. The van der Waals surface area contributed by atoms with Crippen LogP contribution in [0.15, 0.2) is 24.3 Å². The monoisotopic (exact) mass is 313 g/mol. The lowest BCUT2D eigenvalue weighted by atomic mass is 10.1. The molecule has 4 nitrogen and oxygen atoms in total. The quantitative estimate of drug-likeness (QED) is 0.884. The Morgan fingerprint density at radius 2 is 1.81 bits per heavy atom. The number of ether oxygens (including phenoxy) is 1. The maximum absolute atomic E-state index is 11.4. The minimum Gasteiger partial charge on any atom is -0.444 e. The summed E-state index contributed by atoms with van der Waals surface area (Å²) in [4.78, 5) is 11.4. The van der Waals surface area contributed by atoms with E-state index in [0.717, 1.165) is 0 Å². The number of carbonyl (C=O) groups excluding carboxylic acids is 1. The van der Waals surface area contributed by atoms with Gasteiger partial charge in [-0.3, -0.25) is 0 Å². The third kappa shape index (κ3) is 9.32. The van der Waals surface area contributed by atoms with Crippen LogP contribution in [0.3, 0.4) is 0 Å². The van der Waals surface area contributed by atoms with Crippen molar-refractivity contribution in [3.8, 4) is 0 Å². The molecule has 2 N–H and O–H groups in total. The van der Waals surface area contributed by atoms with Gasteiger partial charge in [0, 0.05) is 5.02 Å². The van der Waals surface area contributed by atoms with E-state index in [9.17, 15) is 9.90 Å². The standard InChI is InChI=1S/C13H18ClNO3.C3H6/c1-13(2,3)18-12(17)15-8-11(16)9-4-6-10(14)7-5-9;1-2-3-1/h4-7,11,16H,8H2,1-3H3,(H,15,17);1-3H2. The summed E-state index contributed by atoms with van der Waals surface area (Å²) in [6.45, 7) is 5.43. The zero-order valence-electron chi connectivity index (χ0n) is 12.9. The highest BCUT2D eigenvalue weighted by Crippen LogP contribution is 2.16. The summed E-state index contributed by atoms with van der Waals surface area (Å²) >= 11 is 5.75. The van der Waals surface area contributed by atoms with Crippen molar-refractivity contribution in [2.75, 3.05) is 6.54 Å². The van der Waals surface area contributed by atoms with Gasteiger partial charge in [0.1, 0.15) is 5.60 Å². The third-order valence-corrected chi connectivity index (χ3v) is 2.70. The van der Waals surface area contributed by atoms with E-state index in [1.54, 1.807) is 45.0 Å². The van der Waals surface area contributed by atoms with Crippen molar-refractivity contribution in [2.45, 2.75) is 51.7 Å². The van der Waals surface area contributed by atoms with Gasteiger partial charge < -0.3 is 15.2 Å². The summed E-state index contributed by atoms with van der Waals surface area (Å²) in [6, 6.07) is 6.80. The van der Waals surface area contributed by atoms with Gasteiger partial charge in [-0.1, -0.05) is 43.0 Å². The van der Waals surface area contributed by atoms with Crippen LogP contribution in [-0.4, -0.2) is 23.3 Å². The molecule has 1 amide bonds. The van der Waals surface area contributed by atoms with Crippen LogP contribution in [0.2, 0.25) is 5.02 Å². The molecule has 1 fully saturated rings. The van der Waals surface area contributed by atoms with E-state index >= 15 is 0 Å². The van der Waals surface area contributed by atoms with Crippen LogP contribution < -0.4 is 5.32 Å². The molecule has 0 radical (unpaired) electrons. The van der Waals surface area contributed by atoms with Gasteiger partial charge in [-0.25, -0.2) is 4.79 Å². The van der Waals surface area contributed by atoms with Gasteiger partial charge in [-0.05, 0) is 38.5 Å². The van der Waals surface area contributed by atoms with Crippen LogP contribution >= 0.6 is 11.6 Å². The Balaban J connectivity index is 0.000000647. The maximum atomic E-state index is 11.4. The first-order valence-corrected chi connectivity index (χ1v) is 7.56. The molecule has 0 bridgehead atoms. The van der Waals surface area contributed by atoms with Gasteiger partial charge in [0.2, 0.25) is 0 Å². The Hall–Kier alpha value is -1.26. The van der Waals surface area contributed by atoms with Crippen LogP contribution in [0, 0.1) is 0 Å². The van der Waals surface area contributed by atoms with Gasteiger partial charge in [-0.15, -0.1) is 0 Å². The molecule has 5 heteroatoms. The summed E-state index contributed by atoms with van der Waals surface area (Å²) in [5.41, 5.74) is 0.144. The number of rotatable bonds is 3. The molecule has 118 valence electrons. The van der Waals surface area contributed by atoms with E-state index in [4.69, 9.17) is 16.3 Å². The van der Waals surface area contributed by atoms with Gasteiger partial charge in [0.25, 0.3) is 0 Å². The number of aliphatic hydroxyl groups excluding tert-OH is 1. The van der Waals surface area contributed by atoms with Crippen molar-refractivity contribution in [3.05, 3.63) is 34.9 Å². The molecule has 0 spiro atoms. The molecule has 0 aliphatic heterocycles. The van der Waals surface area contributed by atoms with Crippen LogP contribution in [-0.2, 0) is 4.74 Å². The lowest BCUT2D eigenvalue weighted by molar-refractivity contribution is 0.0492. The summed E-state index contributed by atoms with van der Waals surface area (Å²) in [6.07, 6.45) is 3.17. The smallest absolute Gasteiger partial charge is 0.407 e. The second kappa shape index (κ2) is 8.25. The number of benzene rings is 1. The first kappa shape index (κ1) is 17.8. The average molecular weight is 314 g/mol. The van der Waals surface area contributed by atoms with Crippen molar-refractivity contribution >= 4 is 17.7 Å². The number of amides is 1. The minimum atomic E-state index is -0.783. The highest BCUT2D eigenvalue weighted by molar-refractivity contribution is 6.30. The van der Waals surface area contributed by atoms with E-state index in [1.807, 2.05) is 0 Å². The number of carbonyl (C=O) groups is 1. The fraction of sp³-hybridized carbons (Fsp3) is 0.562. The second-order valence-corrected chi connectivity index (χ2v) is 6.45. The number of aliphatic hydroxyl groups is 1. The van der Waals surface area contributed by atoms with Gasteiger partial charge in [-0.2, -0.15) is 0 Å².